The van der Waals surface area contributed by atoms with Gasteiger partial charge in [0.2, 0.25) is 0 Å². The minimum atomic E-state index is -1.82. The average Bonchev–Trinajstić information content (AvgIpc) is 2.47. The fourth-order valence-corrected chi connectivity index (χ4v) is 2.16. The normalized spacial score (nSPS) is 11.3. The minimum absolute atomic E-state index is 0.0837. The van der Waals surface area contributed by atoms with E-state index in [2.05, 4.69) is 5.10 Å². The van der Waals surface area contributed by atoms with Crippen LogP contribution >= 0.6 is 22.6 Å². The minimum Gasteiger partial charge on any atom is -0.264 e. The highest BCUT2D eigenvalue weighted by molar-refractivity contribution is 14.1. The van der Waals surface area contributed by atoms with Crippen LogP contribution in [-0.2, 0) is 7.05 Å². The number of nitrogens with zero attached hydrogens (tertiary/aromatic N) is 2. The number of halogens is 5. The summed E-state index contributed by atoms with van der Waals surface area (Å²) >= 11 is 1.62. The fourth-order valence-electron chi connectivity index (χ4n) is 1.34. The highest BCUT2D eigenvalue weighted by Crippen LogP contribution is 2.29. The summed E-state index contributed by atoms with van der Waals surface area (Å²) in [5, 5.41) is 3.35. The van der Waals surface area contributed by atoms with Crippen molar-refractivity contribution in [3.8, 4) is 0 Å². The molecular weight excluding hydrogens is 327 g/mol. The van der Waals surface area contributed by atoms with Crippen LogP contribution in [0, 0.1) is 27.0 Å². The Hall–Kier alpha value is -0.860. The zero-order valence-electron chi connectivity index (χ0n) is 7.28. The Labute approximate surface area is 95.0 Å². The Morgan fingerprint density at radius 1 is 1.00 bits per heavy atom. The Balaban J connectivity index is 3.10. The molecule has 0 amide bonds. The predicted molar refractivity (Wildman–Crippen MR) is 53.3 cm³/mol. The van der Waals surface area contributed by atoms with Crippen LogP contribution in [0.2, 0.25) is 0 Å². The first-order valence-electron chi connectivity index (χ1n) is 3.79. The molecule has 7 heteroatoms. The maximum atomic E-state index is 13.3. The maximum absolute atomic E-state index is 13.3. The third-order valence-corrected chi connectivity index (χ3v) is 2.77. The van der Waals surface area contributed by atoms with E-state index in [1.807, 2.05) is 0 Å². The van der Waals surface area contributed by atoms with Crippen LogP contribution in [0.15, 0.2) is 0 Å². The SMILES string of the molecule is Cn1nc(I)c2c(F)c(F)c(F)c(F)c21. The molecule has 1 aromatic carbocycles. The van der Waals surface area contributed by atoms with Gasteiger partial charge in [-0.15, -0.1) is 0 Å². The summed E-state index contributed by atoms with van der Waals surface area (Å²) in [6.07, 6.45) is 0. The smallest absolute Gasteiger partial charge is 0.199 e. The first-order valence-corrected chi connectivity index (χ1v) is 4.87. The van der Waals surface area contributed by atoms with Crippen LogP contribution < -0.4 is 0 Å². The summed E-state index contributed by atoms with van der Waals surface area (Å²) in [7, 11) is 1.32. The van der Waals surface area contributed by atoms with Gasteiger partial charge in [0.05, 0.1) is 5.39 Å². The summed E-state index contributed by atoms with van der Waals surface area (Å²) in [6.45, 7) is 0. The molecule has 0 radical (unpaired) electrons. The van der Waals surface area contributed by atoms with Gasteiger partial charge in [0.25, 0.3) is 0 Å². The van der Waals surface area contributed by atoms with Gasteiger partial charge in [0, 0.05) is 7.05 Å². The highest BCUT2D eigenvalue weighted by Gasteiger charge is 2.25. The molecule has 0 N–H and O–H groups in total. The molecule has 0 atom stereocenters. The van der Waals surface area contributed by atoms with Crippen molar-refractivity contribution < 1.29 is 17.6 Å². The summed E-state index contributed by atoms with van der Waals surface area (Å²) in [6, 6.07) is 0. The topological polar surface area (TPSA) is 17.8 Å². The van der Waals surface area contributed by atoms with Crippen LogP contribution in [0.4, 0.5) is 17.6 Å². The van der Waals surface area contributed by atoms with E-state index in [9.17, 15) is 17.6 Å². The Morgan fingerprint density at radius 2 is 1.53 bits per heavy atom. The number of fused-ring (bicyclic) bond motifs is 1. The lowest BCUT2D eigenvalue weighted by Gasteiger charge is -2.01. The molecule has 0 saturated heterocycles. The first-order chi connectivity index (χ1) is 6.95. The van der Waals surface area contributed by atoms with E-state index in [1.54, 1.807) is 22.6 Å². The van der Waals surface area contributed by atoms with Gasteiger partial charge in [-0.2, -0.15) is 5.10 Å². The van der Waals surface area contributed by atoms with Crippen molar-refractivity contribution in [2.75, 3.05) is 0 Å². The quantitative estimate of drug-likeness (QED) is 0.314. The number of benzene rings is 1. The average molecular weight is 330 g/mol. The molecule has 2 nitrogen and oxygen atoms in total. The van der Waals surface area contributed by atoms with Gasteiger partial charge in [0.15, 0.2) is 23.3 Å². The molecule has 1 heterocycles. The monoisotopic (exact) mass is 330 g/mol. The molecule has 0 aliphatic heterocycles. The molecule has 0 saturated carbocycles. The lowest BCUT2D eigenvalue weighted by Crippen LogP contribution is -2.00. The van der Waals surface area contributed by atoms with E-state index < -0.39 is 23.3 Å². The molecule has 15 heavy (non-hydrogen) atoms. The molecule has 1 aromatic heterocycles. The second-order valence-electron chi connectivity index (χ2n) is 2.89. The zero-order chi connectivity index (χ0) is 11.3. The predicted octanol–water partition coefficient (Wildman–Crippen LogP) is 2.73. The summed E-state index contributed by atoms with van der Waals surface area (Å²) in [5.41, 5.74) is -0.379. The number of hydrogen-bond acceptors (Lipinski definition) is 1. The van der Waals surface area contributed by atoms with E-state index in [0.29, 0.717) is 0 Å². The molecule has 2 aromatic rings. The zero-order valence-corrected chi connectivity index (χ0v) is 9.44. The molecule has 2 rings (SSSR count). The van der Waals surface area contributed by atoms with Crippen molar-refractivity contribution in [1.29, 1.82) is 0 Å². The van der Waals surface area contributed by atoms with E-state index in [1.165, 1.54) is 7.05 Å². The maximum Gasteiger partial charge on any atom is 0.199 e. The van der Waals surface area contributed by atoms with Gasteiger partial charge in [-0.3, -0.25) is 4.68 Å². The Kier molecular flexibility index (Phi) is 2.36. The van der Waals surface area contributed by atoms with Gasteiger partial charge in [-0.25, -0.2) is 17.6 Å². The molecule has 80 valence electrons. The molecular formula is C8H3F4IN2. The second-order valence-corrected chi connectivity index (χ2v) is 3.92. The molecule has 0 bridgehead atoms. The third kappa shape index (κ3) is 1.32. The molecule has 0 unspecified atom stereocenters. The van der Waals surface area contributed by atoms with Crippen LogP contribution in [0.5, 0.6) is 0 Å². The molecule has 0 fully saturated rings. The summed E-state index contributed by atoms with van der Waals surface area (Å²) in [5.74, 6) is -6.48. The second kappa shape index (κ2) is 3.32. The molecule has 0 spiro atoms. The standard InChI is InChI=1S/C8H3F4IN2/c1-15-7-2(8(13)14-15)3(9)4(10)5(11)6(7)12/h1H3. The van der Waals surface area contributed by atoms with Crippen LogP contribution in [-0.4, -0.2) is 9.78 Å². The van der Waals surface area contributed by atoms with Crippen molar-refractivity contribution in [2.24, 2.45) is 7.05 Å². The van der Waals surface area contributed by atoms with Crippen molar-refractivity contribution in [1.82, 2.24) is 9.78 Å². The number of hydrogen-bond donors (Lipinski definition) is 0. The largest absolute Gasteiger partial charge is 0.264 e. The first kappa shape index (κ1) is 10.7. The summed E-state index contributed by atoms with van der Waals surface area (Å²) < 4.78 is 53.4. The highest BCUT2D eigenvalue weighted by atomic mass is 127. The lowest BCUT2D eigenvalue weighted by atomic mass is 10.2. The fraction of sp³-hybridized carbons (Fsp3) is 0.125. The van der Waals surface area contributed by atoms with E-state index in [4.69, 9.17) is 0 Å². The van der Waals surface area contributed by atoms with Crippen LogP contribution in [0.1, 0.15) is 0 Å². The number of aryl methyl sites for hydroxylation is 1. The molecule has 0 aliphatic carbocycles. The van der Waals surface area contributed by atoms with E-state index in [-0.39, 0.29) is 14.6 Å². The van der Waals surface area contributed by atoms with Gasteiger partial charge in [-0.1, -0.05) is 0 Å². The van der Waals surface area contributed by atoms with Gasteiger partial charge in [0.1, 0.15) is 9.22 Å². The van der Waals surface area contributed by atoms with Crippen LogP contribution in [0.3, 0.4) is 0 Å². The van der Waals surface area contributed by atoms with E-state index >= 15 is 0 Å². The third-order valence-electron chi connectivity index (χ3n) is 2.01. The van der Waals surface area contributed by atoms with Gasteiger partial charge < -0.3 is 0 Å². The Bertz CT molecular complexity index is 516. The van der Waals surface area contributed by atoms with Crippen molar-refractivity contribution in [3.05, 3.63) is 27.0 Å². The van der Waals surface area contributed by atoms with E-state index in [0.717, 1.165) is 4.68 Å². The van der Waals surface area contributed by atoms with Crippen molar-refractivity contribution in [2.45, 2.75) is 0 Å². The Morgan fingerprint density at radius 3 is 2.13 bits per heavy atom. The van der Waals surface area contributed by atoms with Crippen molar-refractivity contribution >= 4 is 33.5 Å². The van der Waals surface area contributed by atoms with Crippen molar-refractivity contribution in [3.63, 3.8) is 0 Å². The number of aromatic nitrogens is 2. The lowest BCUT2D eigenvalue weighted by molar-refractivity contribution is 0.416. The van der Waals surface area contributed by atoms with Gasteiger partial charge in [-0.05, 0) is 22.6 Å². The summed E-state index contributed by atoms with van der Waals surface area (Å²) in [4.78, 5) is 0. The van der Waals surface area contributed by atoms with Gasteiger partial charge >= 0.3 is 0 Å². The number of rotatable bonds is 0. The van der Waals surface area contributed by atoms with Crippen LogP contribution in [0.25, 0.3) is 10.9 Å². The molecule has 0 aliphatic rings.